The Bertz CT molecular complexity index is 1120. The fourth-order valence-corrected chi connectivity index (χ4v) is 7.25. The van der Waals surface area contributed by atoms with Gasteiger partial charge in [0.1, 0.15) is 11.8 Å². The molecule has 1 unspecified atom stereocenters. The van der Waals surface area contributed by atoms with E-state index < -0.39 is 6.04 Å². The first-order chi connectivity index (χ1) is 18.9. The third-order valence-corrected chi connectivity index (χ3v) is 9.52. The highest BCUT2D eigenvalue weighted by Gasteiger charge is 2.49. The van der Waals surface area contributed by atoms with Gasteiger partial charge in [0.05, 0.1) is 19.8 Å². The van der Waals surface area contributed by atoms with Crippen molar-refractivity contribution in [2.45, 2.75) is 79.8 Å². The third kappa shape index (κ3) is 5.82. The van der Waals surface area contributed by atoms with Crippen LogP contribution in [0.1, 0.15) is 45.4 Å². The zero-order valence-corrected chi connectivity index (χ0v) is 23.5. The summed E-state index contributed by atoms with van der Waals surface area (Å²) in [4.78, 5) is 47.7. The number of nitriles is 1. The molecule has 0 radical (unpaired) electrons. The second-order valence-corrected chi connectivity index (χ2v) is 12.0. The standard InChI is InChI=1S/C28H37N5O5S/c1-3-38-28(36)30-13-10-20(11-14-30)31-15-12-22(31)26(34)32-17-21(39-25-7-5-4-6-24(25)37-2)16-23(32)27(35)33(18-29)19-8-9-19/h4-7,19-23H,3,8-17H2,1-2H3/t21-,22?,23+/m1/s1. The van der Waals surface area contributed by atoms with Crippen LogP contribution >= 0.6 is 11.8 Å². The van der Waals surface area contributed by atoms with E-state index in [1.807, 2.05) is 24.3 Å². The first-order valence-electron chi connectivity index (χ1n) is 14.0. The van der Waals surface area contributed by atoms with E-state index in [1.165, 1.54) is 4.90 Å². The molecule has 1 aromatic rings. The monoisotopic (exact) mass is 555 g/mol. The van der Waals surface area contributed by atoms with Crippen LogP contribution in [0.2, 0.25) is 0 Å². The van der Waals surface area contributed by atoms with Crippen LogP contribution in [0.4, 0.5) is 4.79 Å². The minimum atomic E-state index is -0.641. The van der Waals surface area contributed by atoms with E-state index in [2.05, 4.69) is 11.1 Å². The number of amides is 3. The zero-order valence-electron chi connectivity index (χ0n) is 22.7. The van der Waals surface area contributed by atoms with Gasteiger partial charge in [-0.2, -0.15) is 5.26 Å². The predicted octanol–water partition coefficient (Wildman–Crippen LogP) is 2.92. The number of piperidine rings is 1. The molecule has 3 atom stereocenters. The molecule has 39 heavy (non-hydrogen) atoms. The lowest BCUT2D eigenvalue weighted by Gasteiger charge is -2.49. The summed E-state index contributed by atoms with van der Waals surface area (Å²) >= 11 is 1.63. The van der Waals surface area contributed by atoms with E-state index in [1.54, 1.807) is 35.6 Å². The van der Waals surface area contributed by atoms with Crippen LogP contribution in [-0.4, -0.2) is 107 Å². The van der Waals surface area contributed by atoms with Gasteiger partial charge in [0, 0.05) is 48.4 Å². The smallest absolute Gasteiger partial charge is 0.409 e. The number of carbonyl (C=O) groups excluding carboxylic acids is 3. The Hall–Kier alpha value is -2.97. The number of hydrogen-bond acceptors (Lipinski definition) is 8. The normalized spacial score (nSPS) is 25.5. The van der Waals surface area contributed by atoms with Gasteiger partial charge in [-0.25, -0.2) is 9.69 Å². The summed E-state index contributed by atoms with van der Waals surface area (Å²) in [5, 5.41) is 9.73. The van der Waals surface area contributed by atoms with Crippen molar-refractivity contribution in [1.82, 2.24) is 19.6 Å². The van der Waals surface area contributed by atoms with Crippen molar-refractivity contribution >= 4 is 29.7 Å². The number of thioether (sulfide) groups is 1. The Labute approximate surface area is 234 Å². The molecule has 0 bridgehead atoms. The van der Waals surface area contributed by atoms with E-state index in [4.69, 9.17) is 9.47 Å². The number of rotatable bonds is 8. The van der Waals surface area contributed by atoms with Crippen LogP contribution in [0.3, 0.4) is 0 Å². The first-order valence-corrected chi connectivity index (χ1v) is 14.8. The van der Waals surface area contributed by atoms with Gasteiger partial charge in [0.2, 0.25) is 5.91 Å². The second-order valence-electron chi connectivity index (χ2n) is 10.6. The average molecular weight is 556 g/mol. The van der Waals surface area contributed by atoms with Crippen molar-refractivity contribution in [3.63, 3.8) is 0 Å². The number of hydrogen-bond donors (Lipinski definition) is 0. The molecule has 11 heteroatoms. The van der Waals surface area contributed by atoms with Gasteiger partial charge < -0.3 is 19.3 Å². The molecule has 3 amide bonds. The maximum absolute atomic E-state index is 14.0. The predicted molar refractivity (Wildman–Crippen MR) is 145 cm³/mol. The molecule has 4 aliphatic rings. The molecule has 1 aromatic carbocycles. The first kappa shape index (κ1) is 27.6. The largest absolute Gasteiger partial charge is 0.496 e. The van der Waals surface area contributed by atoms with E-state index in [-0.39, 0.29) is 41.3 Å². The molecule has 1 aliphatic carbocycles. The lowest BCUT2D eigenvalue weighted by molar-refractivity contribution is -0.150. The van der Waals surface area contributed by atoms with Crippen LogP contribution in [0.25, 0.3) is 0 Å². The van der Waals surface area contributed by atoms with Gasteiger partial charge in [0.25, 0.3) is 5.91 Å². The molecule has 3 heterocycles. The number of para-hydroxylation sites is 1. The SMILES string of the molecule is CCOC(=O)N1CCC(N2CCC2C(=O)N2C[C@H](Sc3ccccc3OC)C[C@H]2C(=O)N(C#N)C2CC2)CC1. The van der Waals surface area contributed by atoms with Crippen molar-refractivity contribution in [2.75, 3.05) is 39.9 Å². The average Bonchev–Trinajstić information content (AvgIpc) is 3.67. The van der Waals surface area contributed by atoms with Gasteiger partial charge in [-0.15, -0.1) is 11.8 Å². The van der Waals surface area contributed by atoms with Crippen LogP contribution in [0.5, 0.6) is 5.75 Å². The van der Waals surface area contributed by atoms with E-state index >= 15 is 0 Å². The minimum Gasteiger partial charge on any atom is -0.496 e. The number of ether oxygens (including phenoxy) is 2. The van der Waals surface area contributed by atoms with Gasteiger partial charge >= 0.3 is 6.09 Å². The Morgan fingerprint density at radius 2 is 1.82 bits per heavy atom. The Balaban J connectivity index is 1.28. The van der Waals surface area contributed by atoms with Gasteiger partial charge in [-0.3, -0.25) is 14.5 Å². The fourth-order valence-electron chi connectivity index (χ4n) is 5.96. The maximum Gasteiger partial charge on any atom is 0.409 e. The lowest BCUT2D eigenvalue weighted by atomic mass is 9.93. The Morgan fingerprint density at radius 1 is 1.08 bits per heavy atom. The van der Waals surface area contributed by atoms with Crippen molar-refractivity contribution < 1.29 is 23.9 Å². The van der Waals surface area contributed by atoms with E-state index in [9.17, 15) is 19.6 Å². The van der Waals surface area contributed by atoms with Gasteiger partial charge in [-0.1, -0.05) is 12.1 Å². The highest BCUT2D eigenvalue weighted by Crippen LogP contribution is 2.40. The molecule has 1 saturated carbocycles. The quantitative estimate of drug-likeness (QED) is 0.356. The van der Waals surface area contributed by atoms with Crippen molar-refractivity contribution in [3.05, 3.63) is 24.3 Å². The molecule has 4 fully saturated rings. The van der Waals surface area contributed by atoms with Crippen molar-refractivity contribution in [2.24, 2.45) is 0 Å². The molecule has 0 N–H and O–H groups in total. The fraction of sp³-hybridized carbons (Fsp3) is 0.643. The summed E-state index contributed by atoms with van der Waals surface area (Å²) in [6, 6.07) is 7.04. The molecular formula is C28H37N5O5S. The van der Waals surface area contributed by atoms with Crippen molar-refractivity contribution in [3.8, 4) is 11.9 Å². The summed E-state index contributed by atoms with van der Waals surface area (Å²) in [5.74, 6) is 0.487. The zero-order chi connectivity index (χ0) is 27.5. The van der Waals surface area contributed by atoms with Crippen LogP contribution < -0.4 is 4.74 Å². The van der Waals surface area contributed by atoms with Crippen LogP contribution in [-0.2, 0) is 14.3 Å². The topological polar surface area (TPSA) is 106 Å². The third-order valence-electron chi connectivity index (χ3n) is 8.26. The summed E-state index contributed by atoms with van der Waals surface area (Å²) in [7, 11) is 1.64. The maximum atomic E-state index is 14.0. The van der Waals surface area contributed by atoms with E-state index in [0.29, 0.717) is 32.7 Å². The molecule has 3 aliphatic heterocycles. The summed E-state index contributed by atoms with van der Waals surface area (Å²) in [5.41, 5.74) is 0. The summed E-state index contributed by atoms with van der Waals surface area (Å²) in [6.07, 6.45) is 6.32. The second kappa shape index (κ2) is 12.0. The molecular weight excluding hydrogens is 518 g/mol. The molecule has 0 aromatic heterocycles. The van der Waals surface area contributed by atoms with E-state index in [0.717, 1.165) is 49.3 Å². The minimum absolute atomic E-state index is 0.0142. The van der Waals surface area contributed by atoms with Crippen molar-refractivity contribution in [1.29, 1.82) is 5.26 Å². The highest BCUT2D eigenvalue weighted by atomic mass is 32.2. The summed E-state index contributed by atoms with van der Waals surface area (Å²) in [6.45, 7) is 4.67. The van der Waals surface area contributed by atoms with Gasteiger partial charge in [-0.05, 0) is 57.6 Å². The van der Waals surface area contributed by atoms with Crippen LogP contribution in [0, 0.1) is 11.5 Å². The molecule has 210 valence electrons. The number of carbonyl (C=O) groups is 3. The number of methoxy groups -OCH3 is 1. The summed E-state index contributed by atoms with van der Waals surface area (Å²) < 4.78 is 10.7. The molecule has 10 nitrogen and oxygen atoms in total. The molecule has 5 rings (SSSR count). The number of benzene rings is 1. The molecule has 3 saturated heterocycles. The Morgan fingerprint density at radius 3 is 2.44 bits per heavy atom. The highest BCUT2D eigenvalue weighted by molar-refractivity contribution is 8.00. The Kier molecular flexibility index (Phi) is 8.52. The van der Waals surface area contributed by atoms with Gasteiger partial charge in [0.15, 0.2) is 6.19 Å². The number of nitrogens with zero attached hydrogens (tertiary/aromatic N) is 5. The molecule has 0 spiro atoms. The number of likely N-dealkylation sites (tertiary alicyclic amines) is 3. The lowest BCUT2D eigenvalue weighted by Crippen LogP contribution is -2.63. The van der Waals surface area contributed by atoms with Crippen LogP contribution in [0.15, 0.2) is 29.2 Å².